The molecule has 1 heterocycles. The van der Waals surface area contributed by atoms with Gasteiger partial charge in [0.1, 0.15) is 11.5 Å². The van der Waals surface area contributed by atoms with Crippen molar-refractivity contribution in [1.29, 1.82) is 0 Å². The van der Waals surface area contributed by atoms with Gasteiger partial charge in [0.05, 0.1) is 17.2 Å². The first-order chi connectivity index (χ1) is 12.1. The van der Waals surface area contributed by atoms with Crippen molar-refractivity contribution in [3.05, 3.63) is 76.0 Å². The summed E-state index contributed by atoms with van der Waals surface area (Å²) < 4.78 is 12.8. The highest BCUT2D eigenvalue weighted by atomic mass is 19.1. The zero-order valence-electron chi connectivity index (χ0n) is 13.2. The van der Waals surface area contributed by atoms with Crippen LogP contribution in [0.1, 0.15) is 17.7 Å². The zero-order chi connectivity index (χ0) is 17.6. The Kier molecular flexibility index (Phi) is 4.94. The van der Waals surface area contributed by atoms with E-state index in [1.165, 1.54) is 18.3 Å². The molecule has 0 bridgehead atoms. The molecule has 0 aliphatic carbocycles. The van der Waals surface area contributed by atoms with Gasteiger partial charge < -0.3 is 4.98 Å². The molecule has 0 saturated carbocycles. The number of hydrazone groups is 1. The van der Waals surface area contributed by atoms with Crippen LogP contribution in [-0.4, -0.2) is 22.1 Å². The standard InChI is InChI=1S/C18H15FN4O2/c19-13-7-5-12(6-8-13)11-20-23-17(24)10-9-16-18(25)22-15-4-2-1-3-14(15)21-16/h1-8,11H,9-10H2,(H,22,25)(H,23,24)/b20-11+. The average molecular weight is 338 g/mol. The Hall–Kier alpha value is -3.35. The minimum atomic E-state index is -0.340. The number of nitrogens with zero attached hydrogens (tertiary/aromatic N) is 2. The summed E-state index contributed by atoms with van der Waals surface area (Å²) in [6.45, 7) is 0. The van der Waals surface area contributed by atoms with E-state index < -0.39 is 0 Å². The fourth-order valence-corrected chi connectivity index (χ4v) is 2.25. The lowest BCUT2D eigenvalue weighted by Gasteiger charge is -2.02. The molecule has 6 nitrogen and oxygen atoms in total. The number of H-pyrrole nitrogens is 1. The molecule has 0 spiro atoms. The second kappa shape index (κ2) is 7.48. The van der Waals surface area contributed by atoms with Gasteiger partial charge in [-0.25, -0.2) is 14.8 Å². The van der Waals surface area contributed by atoms with E-state index in [2.05, 4.69) is 20.5 Å². The number of fused-ring (bicyclic) bond motifs is 1. The van der Waals surface area contributed by atoms with Gasteiger partial charge in [-0.15, -0.1) is 0 Å². The maximum Gasteiger partial charge on any atom is 0.270 e. The fourth-order valence-electron chi connectivity index (χ4n) is 2.25. The molecular weight excluding hydrogens is 323 g/mol. The van der Waals surface area contributed by atoms with E-state index in [4.69, 9.17) is 0 Å². The SMILES string of the molecule is O=C(CCc1nc2ccccc2[nH]c1=O)N/N=C/c1ccc(F)cc1. The highest BCUT2D eigenvalue weighted by molar-refractivity contribution is 5.82. The number of amides is 1. The van der Waals surface area contributed by atoms with Crippen LogP contribution in [0.25, 0.3) is 11.0 Å². The Morgan fingerprint density at radius 1 is 1.20 bits per heavy atom. The maximum absolute atomic E-state index is 12.8. The molecule has 3 aromatic rings. The van der Waals surface area contributed by atoms with Gasteiger partial charge in [-0.3, -0.25) is 9.59 Å². The third-order valence-corrected chi connectivity index (χ3v) is 3.53. The second-order valence-electron chi connectivity index (χ2n) is 5.37. The molecule has 0 atom stereocenters. The molecule has 25 heavy (non-hydrogen) atoms. The quantitative estimate of drug-likeness (QED) is 0.552. The molecule has 0 saturated heterocycles. The molecular formula is C18H15FN4O2. The van der Waals surface area contributed by atoms with Crippen molar-refractivity contribution in [1.82, 2.24) is 15.4 Å². The van der Waals surface area contributed by atoms with Gasteiger partial charge in [0.15, 0.2) is 0 Å². The summed E-state index contributed by atoms with van der Waals surface area (Å²) in [4.78, 5) is 30.8. The first-order valence-corrected chi connectivity index (χ1v) is 7.67. The lowest BCUT2D eigenvalue weighted by Crippen LogP contribution is -2.21. The smallest absolute Gasteiger partial charge is 0.270 e. The van der Waals surface area contributed by atoms with Crippen LogP contribution in [0.4, 0.5) is 4.39 Å². The molecule has 0 fully saturated rings. The number of carbonyl (C=O) groups excluding carboxylic acids is 1. The average Bonchev–Trinajstić information content (AvgIpc) is 2.61. The van der Waals surface area contributed by atoms with Crippen molar-refractivity contribution in [2.75, 3.05) is 0 Å². The van der Waals surface area contributed by atoms with E-state index in [1.807, 2.05) is 12.1 Å². The second-order valence-corrected chi connectivity index (χ2v) is 5.37. The van der Waals surface area contributed by atoms with Gasteiger partial charge in [0, 0.05) is 12.8 Å². The number of rotatable bonds is 5. The summed E-state index contributed by atoms with van der Waals surface area (Å²) >= 11 is 0. The predicted octanol–water partition coefficient (Wildman–Crippen LogP) is 2.15. The first-order valence-electron chi connectivity index (χ1n) is 7.67. The number of para-hydroxylation sites is 2. The summed E-state index contributed by atoms with van der Waals surface area (Å²) in [5.74, 6) is -0.679. The van der Waals surface area contributed by atoms with Gasteiger partial charge in [-0.2, -0.15) is 5.10 Å². The van der Waals surface area contributed by atoms with Crippen molar-refractivity contribution in [3.8, 4) is 0 Å². The van der Waals surface area contributed by atoms with Gasteiger partial charge in [0.25, 0.3) is 5.56 Å². The molecule has 1 aromatic heterocycles. The largest absolute Gasteiger partial charge is 0.319 e. The van der Waals surface area contributed by atoms with Crippen molar-refractivity contribution < 1.29 is 9.18 Å². The number of nitrogens with one attached hydrogen (secondary N) is 2. The molecule has 2 aromatic carbocycles. The van der Waals surface area contributed by atoms with E-state index in [0.717, 1.165) is 0 Å². The lowest BCUT2D eigenvalue weighted by molar-refractivity contribution is -0.121. The first kappa shape index (κ1) is 16.5. The number of aromatic nitrogens is 2. The summed E-state index contributed by atoms with van der Waals surface area (Å²) in [6.07, 6.45) is 1.70. The number of carbonyl (C=O) groups is 1. The monoisotopic (exact) mass is 338 g/mol. The van der Waals surface area contributed by atoms with Crippen LogP contribution < -0.4 is 11.0 Å². The number of halogens is 1. The molecule has 7 heteroatoms. The highest BCUT2D eigenvalue weighted by Gasteiger charge is 2.07. The van der Waals surface area contributed by atoms with Crippen LogP contribution in [0, 0.1) is 5.82 Å². The molecule has 0 unspecified atom stereocenters. The summed E-state index contributed by atoms with van der Waals surface area (Å²) in [7, 11) is 0. The van der Waals surface area contributed by atoms with E-state index in [-0.39, 0.29) is 30.1 Å². The molecule has 3 rings (SSSR count). The Labute approximate surface area is 142 Å². The summed E-state index contributed by atoms with van der Waals surface area (Å²) in [5, 5.41) is 3.80. The van der Waals surface area contributed by atoms with Crippen LogP contribution in [-0.2, 0) is 11.2 Å². The Morgan fingerprint density at radius 3 is 2.76 bits per heavy atom. The third-order valence-electron chi connectivity index (χ3n) is 3.53. The van der Waals surface area contributed by atoms with Crippen molar-refractivity contribution in [3.63, 3.8) is 0 Å². The molecule has 0 radical (unpaired) electrons. The van der Waals surface area contributed by atoms with Crippen molar-refractivity contribution in [2.45, 2.75) is 12.8 Å². The van der Waals surface area contributed by atoms with Crippen LogP contribution in [0.5, 0.6) is 0 Å². The normalized spacial score (nSPS) is 11.1. The van der Waals surface area contributed by atoms with E-state index in [9.17, 15) is 14.0 Å². The fraction of sp³-hybridized carbons (Fsp3) is 0.111. The maximum atomic E-state index is 12.8. The summed E-state index contributed by atoms with van der Waals surface area (Å²) in [6, 6.07) is 12.9. The molecule has 1 amide bonds. The predicted molar refractivity (Wildman–Crippen MR) is 92.8 cm³/mol. The number of benzene rings is 2. The van der Waals surface area contributed by atoms with Crippen LogP contribution in [0.15, 0.2) is 58.4 Å². The number of hydrogen-bond acceptors (Lipinski definition) is 4. The lowest BCUT2D eigenvalue weighted by atomic mass is 10.2. The summed E-state index contributed by atoms with van der Waals surface area (Å²) in [5.41, 5.74) is 4.36. The van der Waals surface area contributed by atoms with Crippen LogP contribution in [0.2, 0.25) is 0 Å². The van der Waals surface area contributed by atoms with Gasteiger partial charge >= 0.3 is 0 Å². The molecule has 0 aliphatic rings. The van der Waals surface area contributed by atoms with Gasteiger partial charge in [-0.1, -0.05) is 24.3 Å². The molecule has 2 N–H and O–H groups in total. The van der Waals surface area contributed by atoms with Gasteiger partial charge in [0.2, 0.25) is 5.91 Å². The molecule has 126 valence electrons. The molecule has 0 aliphatic heterocycles. The van der Waals surface area contributed by atoms with Crippen LogP contribution >= 0.6 is 0 Å². The Bertz CT molecular complexity index is 980. The van der Waals surface area contributed by atoms with E-state index in [1.54, 1.807) is 24.3 Å². The zero-order valence-corrected chi connectivity index (χ0v) is 13.2. The Morgan fingerprint density at radius 2 is 1.96 bits per heavy atom. The van der Waals surface area contributed by atoms with Crippen molar-refractivity contribution >= 4 is 23.2 Å². The van der Waals surface area contributed by atoms with Crippen molar-refractivity contribution in [2.24, 2.45) is 5.10 Å². The topological polar surface area (TPSA) is 87.2 Å². The highest BCUT2D eigenvalue weighted by Crippen LogP contribution is 2.06. The number of aryl methyl sites for hydroxylation is 1. The van der Waals surface area contributed by atoms with Gasteiger partial charge in [-0.05, 0) is 29.8 Å². The van der Waals surface area contributed by atoms with E-state index >= 15 is 0 Å². The van der Waals surface area contributed by atoms with Crippen LogP contribution in [0.3, 0.4) is 0 Å². The number of hydrogen-bond donors (Lipinski definition) is 2. The Balaban J connectivity index is 1.58. The van der Waals surface area contributed by atoms with E-state index in [0.29, 0.717) is 22.3 Å². The minimum absolute atomic E-state index is 0.0785. The third kappa shape index (κ3) is 4.35. The number of aromatic amines is 1. The minimum Gasteiger partial charge on any atom is -0.319 e.